The second-order valence-corrected chi connectivity index (χ2v) is 4.92. The molecule has 0 aromatic heterocycles. The van der Waals surface area contributed by atoms with E-state index in [4.69, 9.17) is 15.2 Å². The minimum Gasteiger partial charge on any atom is -0.507 e. The highest BCUT2D eigenvalue weighted by Gasteiger charge is 2.58. The summed E-state index contributed by atoms with van der Waals surface area (Å²) in [4.78, 5) is 34.9. The lowest BCUT2D eigenvalue weighted by atomic mass is 9.87. The zero-order valence-corrected chi connectivity index (χ0v) is 11.2. The second-order valence-electron chi connectivity index (χ2n) is 4.92. The largest absolute Gasteiger partial charge is 0.507 e. The van der Waals surface area contributed by atoms with Crippen molar-refractivity contribution in [3.63, 3.8) is 0 Å². The van der Waals surface area contributed by atoms with Crippen LogP contribution in [0, 0.1) is 0 Å². The van der Waals surface area contributed by atoms with Crippen molar-refractivity contribution >= 4 is 17.8 Å². The van der Waals surface area contributed by atoms with E-state index in [0.29, 0.717) is 0 Å². The predicted molar refractivity (Wildman–Crippen MR) is 71.6 cm³/mol. The first kappa shape index (κ1) is 14.1. The topological polar surface area (TPSA) is 128 Å². The van der Waals surface area contributed by atoms with E-state index < -0.39 is 23.9 Å². The van der Waals surface area contributed by atoms with Gasteiger partial charge in [-0.05, 0) is 12.1 Å². The smallest absolute Gasteiger partial charge is 0.407 e. The maximum Gasteiger partial charge on any atom is 0.407 e. The fraction of sp³-hybridized carbons (Fsp3) is 0.214. The van der Waals surface area contributed by atoms with Gasteiger partial charge in [0.1, 0.15) is 11.9 Å². The number of para-hydroxylation sites is 1. The number of nitrogens with one attached hydrogen (secondary N) is 1. The molecule has 2 heterocycles. The Morgan fingerprint density at radius 3 is 2.73 bits per heavy atom. The molecular weight excluding hydrogens is 292 g/mol. The summed E-state index contributed by atoms with van der Waals surface area (Å²) in [5.41, 5.74) is 4.97. The number of nitrogens with two attached hydrogens (primary N) is 1. The number of ether oxygens (including phenoxy) is 2. The first-order valence-electron chi connectivity index (χ1n) is 6.43. The van der Waals surface area contributed by atoms with Crippen molar-refractivity contribution in [2.45, 2.75) is 18.3 Å². The maximum atomic E-state index is 12.2. The van der Waals surface area contributed by atoms with Gasteiger partial charge in [-0.3, -0.25) is 9.59 Å². The van der Waals surface area contributed by atoms with Crippen LogP contribution in [0.4, 0.5) is 4.79 Å². The number of fused-ring (bicyclic) bond motifs is 1. The standard InChI is InChI=1S/C14H12N2O6/c15-13(20)22-14-6-10(21-14)9(18)5-11(14)16-12(19)7-3-1-2-4-8(7)17/h1-5,10,17H,6H2,(H2,15,20)(H,16,19). The highest BCUT2D eigenvalue weighted by molar-refractivity contribution is 6.01. The average Bonchev–Trinajstić information content (AvgIpc) is 2.40. The molecule has 114 valence electrons. The second kappa shape index (κ2) is 4.85. The van der Waals surface area contributed by atoms with E-state index in [1.54, 1.807) is 12.1 Å². The Labute approximate surface area is 124 Å². The molecule has 2 atom stereocenters. The monoisotopic (exact) mass is 304 g/mol. The summed E-state index contributed by atoms with van der Waals surface area (Å²) in [5.74, 6) is -2.79. The summed E-state index contributed by atoms with van der Waals surface area (Å²) in [6.07, 6.45) is -0.569. The van der Waals surface area contributed by atoms with Crippen LogP contribution in [-0.2, 0) is 14.3 Å². The van der Waals surface area contributed by atoms with Crippen molar-refractivity contribution in [3.05, 3.63) is 41.6 Å². The molecule has 2 bridgehead atoms. The van der Waals surface area contributed by atoms with Gasteiger partial charge in [0.15, 0.2) is 5.78 Å². The van der Waals surface area contributed by atoms with E-state index in [1.807, 2.05) is 0 Å². The third kappa shape index (κ3) is 2.19. The fourth-order valence-corrected chi connectivity index (χ4v) is 2.41. The number of hydrogen-bond donors (Lipinski definition) is 3. The molecule has 1 aliphatic carbocycles. The van der Waals surface area contributed by atoms with Gasteiger partial charge in [0, 0.05) is 6.08 Å². The molecule has 1 aromatic carbocycles. The molecule has 8 heteroatoms. The molecule has 22 heavy (non-hydrogen) atoms. The molecule has 3 aliphatic rings. The summed E-state index contributed by atoms with van der Waals surface area (Å²) >= 11 is 0. The van der Waals surface area contributed by atoms with Gasteiger partial charge < -0.3 is 25.6 Å². The van der Waals surface area contributed by atoms with Gasteiger partial charge >= 0.3 is 6.09 Å². The lowest BCUT2D eigenvalue weighted by molar-refractivity contribution is -0.289. The predicted octanol–water partition coefficient (Wildman–Crippen LogP) is 0.169. The molecule has 4 N–H and O–H groups in total. The third-order valence-corrected chi connectivity index (χ3v) is 3.46. The highest BCUT2D eigenvalue weighted by atomic mass is 16.7. The number of ketones is 1. The number of benzene rings is 1. The minimum absolute atomic E-state index is 0.00604. The van der Waals surface area contributed by atoms with Gasteiger partial charge in [0.05, 0.1) is 17.7 Å². The molecule has 0 saturated carbocycles. The molecule has 0 spiro atoms. The van der Waals surface area contributed by atoms with E-state index in [9.17, 15) is 19.5 Å². The third-order valence-electron chi connectivity index (χ3n) is 3.46. The number of amides is 2. The van der Waals surface area contributed by atoms with Gasteiger partial charge in [-0.2, -0.15) is 0 Å². The van der Waals surface area contributed by atoms with Crippen molar-refractivity contribution in [3.8, 4) is 5.75 Å². The van der Waals surface area contributed by atoms with E-state index in [-0.39, 0.29) is 29.2 Å². The van der Waals surface area contributed by atoms with Gasteiger partial charge in [-0.15, -0.1) is 0 Å². The Hall–Kier alpha value is -2.87. The molecule has 8 nitrogen and oxygen atoms in total. The van der Waals surface area contributed by atoms with Crippen LogP contribution in [0.1, 0.15) is 16.8 Å². The molecule has 1 saturated heterocycles. The van der Waals surface area contributed by atoms with E-state index in [0.717, 1.165) is 6.08 Å². The molecular formula is C14H12N2O6. The molecule has 4 rings (SSSR count). The lowest BCUT2D eigenvalue weighted by Gasteiger charge is -2.48. The van der Waals surface area contributed by atoms with E-state index >= 15 is 0 Å². The summed E-state index contributed by atoms with van der Waals surface area (Å²) in [7, 11) is 0. The number of carbonyl (C=O) groups is 3. The Morgan fingerprint density at radius 1 is 1.41 bits per heavy atom. The van der Waals surface area contributed by atoms with Crippen LogP contribution < -0.4 is 11.1 Å². The fourth-order valence-electron chi connectivity index (χ4n) is 2.41. The zero-order valence-electron chi connectivity index (χ0n) is 11.2. The molecule has 2 unspecified atom stereocenters. The van der Waals surface area contributed by atoms with Gasteiger partial charge in [-0.25, -0.2) is 4.79 Å². The quantitative estimate of drug-likeness (QED) is 0.730. The van der Waals surface area contributed by atoms with Crippen LogP contribution in [0.2, 0.25) is 0 Å². The number of hydrogen-bond acceptors (Lipinski definition) is 6. The first-order valence-corrected chi connectivity index (χ1v) is 6.43. The van der Waals surface area contributed by atoms with Crippen LogP contribution in [0.15, 0.2) is 36.0 Å². The maximum absolute atomic E-state index is 12.2. The summed E-state index contributed by atoms with van der Waals surface area (Å²) in [6, 6.07) is 5.89. The van der Waals surface area contributed by atoms with E-state index in [1.165, 1.54) is 12.1 Å². The summed E-state index contributed by atoms with van der Waals surface area (Å²) in [6.45, 7) is 0. The lowest BCUT2D eigenvalue weighted by Crippen LogP contribution is -2.63. The van der Waals surface area contributed by atoms with Crippen LogP contribution in [0.3, 0.4) is 0 Å². The van der Waals surface area contributed by atoms with Gasteiger partial charge in [0.25, 0.3) is 11.7 Å². The van der Waals surface area contributed by atoms with Crippen molar-refractivity contribution in [1.29, 1.82) is 0 Å². The summed E-state index contributed by atoms with van der Waals surface area (Å²) < 4.78 is 10.1. The van der Waals surface area contributed by atoms with Crippen LogP contribution in [0.25, 0.3) is 0 Å². The molecule has 1 fully saturated rings. The molecule has 0 radical (unpaired) electrons. The van der Waals surface area contributed by atoms with Crippen molar-refractivity contribution in [2.24, 2.45) is 5.73 Å². The number of carbonyl (C=O) groups excluding carboxylic acids is 3. The normalized spacial score (nSPS) is 25.7. The molecule has 2 aliphatic heterocycles. The Balaban J connectivity index is 1.86. The first-order chi connectivity index (χ1) is 10.4. The highest BCUT2D eigenvalue weighted by Crippen LogP contribution is 2.43. The van der Waals surface area contributed by atoms with Gasteiger partial charge in [0.2, 0.25) is 0 Å². The molecule has 2 amide bonds. The summed E-state index contributed by atoms with van der Waals surface area (Å²) in [5, 5.41) is 12.1. The number of phenols is 1. The minimum atomic E-state index is -1.55. The number of aromatic hydroxyl groups is 1. The van der Waals surface area contributed by atoms with Crippen LogP contribution >= 0.6 is 0 Å². The number of primary amides is 1. The van der Waals surface area contributed by atoms with Gasteiger partial charge in [-0.1, -0.05) is 12.1 Å². The molecule has 1 aromatic rings. The van der Waals surface area contributed by atoms with Crippen LogP contribution in [-0.4, -0.2) is 34.8 Å². The SMILES string of the molecule is NC(=O)OC12CC(O1)C(=O)C=C2NC(=O)c1ccccc1O. The van der Waals surface area contributed by atoms with Crippen molar-refractivity contribution < 1.29 is 29.0 Å². The van der Waals surface area contributed by atoms with Crippen LogP contribution in [0.5, 0.6) is 5.75 Å². The van der Waals surface area contributed by atoms with Crippen molar-refractivity contribution in [2.75, 3.05) is 0 Å². The zero-order chi connectivity index (χ0) is 15.9. The van der Waals surface area contributed by atoms with E-state index in [2.05, 4.69) is 5.32 Å². The Kier molecular flexibility index (Phi) is 3.10. The number of rotatable bonds is 3. The number of phenolic OH excluding ortho intramolecular Hbond substituents is 1. The average molecular weight is 304 g/mol. The Morgan fingerprint density at radius 2 is 2.09 bits per heavy atom. The van der Waals surface area contributed by atoms with Crippen molar-refractivity contribution in [1.82, 2.24) is 5.32 Å². The Bertz CT molecular complexity index is 705.